The van der Waals surface area contributed by atoms with Crippen LogP contribution in [0, 0.1) is 0 Å². The van der Waals surface area contributed by atoms with Crippen molar-refractivity contribution < 1.29 is 28.0 Å². The highest BCUT2D eigenvalue weighted by Crippen LogP contribution is 2.16. The van der Waals surface area contributed by atoms with Gasteiger partial charge in [-0.15, -0.1) is 0 Å². The minimum Gasteiger partial charge on any atom is -0.387 e. The number of allylic oxidation sites excluding steroid dienone is 3. The van der Waals surface area contributed by atoms with Crippen molar-refractivity contribution in [2.75, 3.05) is 5.75 Å². The van der Waals surface area contributed by atoms with E-state index in [1.165, 1.54) is 141 Å². The first-order chi connectivity index (χ1) is 23.2. The second-order valence-electron chi connectivity index (χ2n) is 14.1. The summed E-state index contributed by atoms with van der Waals surface area (Å²) < 4.78 is 32.4. The van der Waals surface area contributed by atoms with Gasteiger partial charge in [0.1, 0.15) is 6.10 Å². The topological polar surface area (TPSA) is 124 Å². The summed E-state index contributed by atoms with van der Waals surface area (Å²) >= 11 is 0. The molecule has 0 aromatic carbocycles. The van der Waals surface area contributed by atoms with Crippen LogP contribution in [0.1, 0.15) is 200 Å². The van der Waals surface area contributed by atoms with Crippen molar-refractivity contribution in [2.45, 2.75) is 218 Å². The molecular formula is C40H77NO6S. The maximum atomic E-state index is 12.5. The second kappa shape index (κ2) is 34.2. The summed E-state index contributed by atoms with van der Waals surface area (Å²) in [7, 11) is -4.44. The normalized spacial score (nSPS) is 14.2. The van der Waals surface area contributed by atoms with Crippen LogP contribution in [0.5, 0.6) is 0 Å². The SMILES string of the molecule is CCCCCC/C=C/CC/C=C/C(O)C(CS(=O)(=O)O)NC(=O)C(O)CCCCCCCCCCCCCCCCCCCCCCC. The lowest BCUT2D eigenvalue weighted by molar-refractivity contribution is -0.130. The fourth-order valence-corrected chi connectivity index (χ4v) is 6.85. The number of hydrogen-bond donors (Lipinski definition) is 4. The third-order valence-corrected chi connectivity index (χ3v) is 10.0. The molecular weight excluding hydrogens is 623 g/mol. The standard InChI is InChI=1S/C40H77NO6S/c1-3-5-7-9-11-13-15-16-17-18-19-20-21-22-23-24-25-27-29-31-33-35-39(43)40(44)41-37(36-48(45,46)47)38(42)34-32-30-28-26-14-12-10-8-6-4-2/h14,26,32,34,37-39,42-43H,3-13,15-25,27-31,33,35-36H2,1-2H3,(H,41,44)(H,45,46,47)/b26-14+,34-32+. The molecule has 3 unspecified atom stereocenters. The van der Waals surface area contributed by atoms with Crippen molar-refractivity contribution in [1.29, 1.82) is 0 Å². The highest BCUT2D eigenvalue weighted by molar-refractivity contribution is 7.85. The molecule has 0 bridgehead atoms. The Balaban J connectivity index is 3.93. The Morgan fingerprint density at radius 1 is 0.562 bits per heavy atom. The molecule has 0 rings (SSSR count). The van der Waals surface area contributed by atoms with Crippen molar-refractivity contribution in [1.82, 2.24) is 5.32 Å². The highest BCUT2D eigenvalue weighted by atomic mass is 32.2. The number of carbonyl (C=O) groups is 1. The molecule has 48 heavy (non-hydrogen) atoms. The molecule has 0 aromatic rings. The molecule has 0 aliphatic heterocycles. The molecule has 0 radical (unpaired) electrons. The van der Waals surface area contributed by atoms with E-state index in [4.69, 9.17) is 0 Å². The van der Waals surface area contributed by atoms with Crippen molar-refractivity contribution in [3.05, 3.63) is 24.3 Å². The Morgan fingerprint density at radius 3 is 1.38 bits per heavy atom. The molecule has 0 fully saturated rings. The lowest BCUT2D eigenvalue weighted by Crippen LogP contribution is -2.50. The van der Waals surface area contributed by atoms with Crippen LogP contribution in [0.2, 0.25) is 0 Å². The average Bonchev–Trinajstić information content (AvgIpc) is 3.05. The third-order valence-electron chi connectivity index (χ3n) is 9.24. The monoisotopic (exact) mass is 700 g/mol. The van der Waals surface area contributed by atoms with E-state index < -0.39 is 40.0 Å². The second-order valence-corrected chi connectivity index (χ2v) is 15.6. The molecule has 0 aromatic heterocycles. The summed E-state index contributed by atoms with van der Waals surface area (Å²) in [4.78, 5) is 12.5. The van der Waals surface area contributed by atoms with Crippen LogP contribution in [-0.4, -0.2) is 53.1 Å². The third kappa shape index (κ3) is 33.3. The summed E-state index contributed by atoms with van der Waals surface area (Å²) in [5.74, 6) is -1.55. The molecule has 8 heteroatoms. The van der Waals surface area contributed by atoms with Gasteiger partial charge in [0.2, 0.25) is 5.91 Å². The van der Waals surface area contributed by atoms with Gasteiger partial charge >= 0.3 is 0 Å². The molecule has 3 atom stereocenters. The predicted octanol–water partition coefficient (Wildman–Crippen LogP) is 10.5. The zero-order valence-electron chi connectivity index (χ0n) is 31.2. The van der Waals surface area contributed by atoms with Crippen LogP contribution in [0.25, 0.3) is 0 Å². The van der Waals surface area contributed by atoms with Crippen LogP contribution in [-0.2, 0) is 14.9 Å². The number of rotatable bonds is 36. The number of carbonyl (C=O) groups excluding carboxylic acids is 1. The van der Waals surface area contributed by atoms with Crippen molar-refractivity contribution >= 4 is 16.0 Å². The quantitative estimate of drug-likeness (QED) is 0.0293. The molecule has 0 spiro atoms. The molecule has 0 heterocycles. The van der Waals surface area contributed by atoms with Gasteiger partial charge in [-0.05, 0) is 32.1 Å². The Kier molecular flexibility index (Phi) is 33.4. The minimum absolute atomic E-state index is 0.278. The molecule has 4 N–H and O–H groups in total. The van der Waals surface area contributed by atoms with Gasteiger partial charge in [-0.2, -0.15) is 8.42 Å². The van der Waals surface area contributed by atoms with Crippen molar-refractivity contribution in [3.8, 4) is 0 Å². The largest absolute Gasteiger partial charge is 0.387 e. The molecule has 0 aliphatic carbocycles. The first-order valence-corrected chi connectivity index (χ1v) is 21.8. The van der Waals surface area contributed by atoms with Crippen LogP contribution in [0.4, 0.5) is 0 Å². The molecule has 7 nitrogen and oxygen atoms in total. The number of nitrogens with one attached hydrogen (secondary N) is 1. The molecule has 0 saturated heterocycles. The summed E-state index contributed by atoms with van der Waals surface area (Å²) in [6.07, 6.45) is 39.7. The number of hydrogen-bond acceptors (Lipinski definition) is 5. The van der Waals surface area contributed by atoms with E-state index in [2.05, 4.69) is 31.3 Å². The van der Waals surface area contributed by atoms with Gasteiger partial charge in [0.05, 0.1) is 17.9 Å². The number of amides is 1. The van der Waals surface area contributed by atoms with E-state index in [0.717, 1.165) is 32.1 Å². The number of unbranched alkanes of at least 4 members (excludes halogenated alkanes) is 25. The lowest BCUT2D eigenvalue weighted by atomic mass is 10.0. The lowest BCUT2D eigenvalue weighted by Gasteiger charge is -2.22. The molecule has 0 saturated carbocycles. The maximum Gasteiger partial charge on any atom is 0.267 e. The summed E-state index contributed by atoms with van der Waals surface area (Å²) in [5, 5.41) is 23.3. The Morgan fingerprint density at radius 2 is 0.938 bits per heavy atom. The Hall–Kier alpha value is -1.22. The summed E-state index contributed by atoms with van der Waals surface area (Å²) in [5.41, 5.74) is 0. The first kappa shape index (κ1) is 46.8. The van der Waals surface area contributed by atoms with E-state index in [1.54, 1.807) is 6.08 Å². The maximum absolute atomic E-state index is 12.5. The van der Waals surface area contributed by atoms with Crippen LogP contribution >= 0.6 is 0 Å². The molecule has 0 aliphatic rings. The van der Waals surface area contributed by atoms with E-state index in [1.807, 2.05) is 0 Å². The highest BCUT2D eigenvalue weighted by Gasteiger charge is 2.27. The number of aliphatic hydroxyl groups excluding tert-OH is 2. The average molecular weight is 700 g/mol. The van der Waals surface area contributed by atoms with Gasteiger partial charge in [0, 0.05) is 0 Å². The fourth-order valence-electron chi connectivity index (χ4n) is 6.12. The van der Waals surface area contributed by atoms with Crippen molar-refractivity contribution in [3.63, 3.8) is 0 Å². The minimum atomic E-state index is -4.44. The summed E-state index contributed by atoms with van der Waals surface area (Å²) in [6.45, 7) is 4.46. The van der Waals surface area contributed by atoms with E-state index >= 15 is 0 Å². The Labute approximate surface area is 297 Å². The van der Waals surface area contributed by atoms with E-state index in [9.17, 15) is 28.0 Å². The predicted molar refractivity (Wildman–Crippen MR) is 204 cm³/mol. The van der Waals surface area contributed by atoms with Crippen molar-refractivity contribution in [2.24, 2.45) is 0 Å². The van der Waals surface area contributed by atoms with E-state index in [0.29, 0.717) is 12.8 Å². The smallest absolute Gasteiger partial charge is 0.267 e. The van der Waals surface area contributed by atoms with Gasteiger partial charge < -0.3 is 15.5 Å². The zero-order valence-corrected chi connectivity index (χ0v) is 32.0. The summed E-state index contributed by atoms with van der Waals surface area (Å²) in [6, 6.07) is -1.24. The molecule has 1 amide bonds. The fraction of sp³-hybridized carbons (Fsp3) is 0.875. The van der Waals surface area contributed by atoms with Gasteiger partial charge in [-0.3, -0.25) is 9.35 Å². The Bertz CT molecular complexity index is 875. The van der Waals surface area contributed by atoms with Gasteiger partial charge in [-0.25, -0.2) is 0 Å². The number of aliphatic hydroxyl groups is 2. The van der Waals surface area contributed by atoms with Gasteiger partial charge in [0.15, 0.2) is 0 Å². The van der Waals surface area contributed by atoms with Crippen LogP contribution in [0.15, 0.2) is 24.3 Å². The van der Waals surface area contributed by atoms with E-state index in [-0.39, 0.29) is 6.42 Å². The molecule has 284 valence electrons. The zero-order chi connectivity index (χ0) is 35.6. The van der Waals surface area contributed by atoms with Crippen LogP contribution < -0.4 is 5.32 Å². The van der Waals surface area contributed by atoms with Gasteiger partial charge in [-0.1, -0.05) is 192 Å². The first-order valence-electron chi connectivity index (χ1n) is 20.1. The van der Waals surface area contributed by atoms with Gasteiger partial charge in [0.25, 0.3) is 10.1 Å². The van der Waals surface area contributed by atoms with Crippen LogP contribution in [0.3, 0.4) is 0 Å².